The summed E-state index contributed by atoms with van der Waals surface area (Å²) in [5.74, 6) is 1.16. The average molecular weight is 296 g/mol. The summed E-state index contributed by atoms with van der Waals surface area (Å²) >= 11 is 3.54. The van der Waals surface area contributed by atoms with Crippen molar-refractivity contribution in [1.29, 1.82) is 0 Å². The third-order valence-corrected chi connectivity index (χ3v) is 3.47. The Labute approximate surface area is 109 Å². The predicted molar refractivity (Wildman–Crippen MR) is 69.6 cm³/mol. The van der Waals surface area contributed by atoms with Gasteiger partial charge in [-0.2, -0.15) is 0 Å². The van der Waals surface area contributed by atoms with Gasteiger partial charge in [0.1, 0.15) is 0 Å². The van der Waals surface area contributed by atoms with E-state index in [9.17, 15) is 0 Å². The molecule has 2 aromatic rings. The quantitative estimate of drug-likeness (QED) is 0.942. The van der Waals surface area contributed by atoms with E-state index in [-0.39, 0.29) is 0 Å². The molecule has 1 aromatic carbocycles. The van der Waals surface area contributed by atoms with Gasteiger partial charge in [-0.3, -0.25) is 0 Å². The highest BCUT2D eigenvalue weighted by Gasteiger charge is 2.12. The van der Waals surface area contributed by atoms with Gasteiger partial charge in [-0.1, -0.05) is 19.1 Å². The van der Waals surface area contributed by atoms with E-state index in [4.69, 9.17) is 4.42 Å². The van der Waals surface area contributed by atoms with Crippen LogP contribution in [-0.4, -0.2) is 16.7 Å². The van der Waals surface area contributed by atoms with E-state index in [1.807, 2.05) is 32.0 Å². The minimum absolute atomic E-state index is 0.550. The minimum atomic E-state index is 0.550. The van der Waals surface area contributed by atoms with Crippen molar-refractivity contribution in [2.75, 3.05) is 6.54 Å². The lowest BCUT2D eigenvalue weighted by atomic mass is 10.1. The standard InChI is InChI=1S/C12H14BrN3O/c1-3-14-7-10-15-16-12(17-10)9-6-4-5-8(2)11(9)13/h4-6,14H,3,7H2,1-2H3. The van der Waals surface area contributed by atoms with Crippen LogP contribution in [-0.2, 0) is 6.54 Å². The number of nitrogens with zero attached hydrogens (tertiary/aromatic N) is 2. The molecule has 0 radical (unpaired) electrons. The molecule has 0 spiro atoms. The molecule has 0 unspecified atom stereocenters. The number of rotatable bonds is 4. The molecule has 4 nitrogen and oxygen atoms in total. The van der Waals surface area contributed by atoms with E-state index in [1.54, 1.807) is 0 Å². The fourth-order valence-electron chi connectivity index (χ4n) is 1.48. The molecule has 1 aromatic heterocycles. The van der Waals surface area contributed by atoms with Crippen LogP contribution < -0.4 is 5.32 Å². The molecule has 0 saturated carbocycles. The lowest BCUT2D eigenvalue weighted by Crippen LogP contribution is -2.11. The topological polar surface area (TPSA) is 51.0 Å². The zero-order chi connectivity index (χ0) is 12.3. The normalized spacial score (nSPS) is 10.8. The molecule has 0 fully saturated rings. The number of hydrogen-bond acceptors (Lipinski definition) is 4. The third kappa shape index (κ3) is 2.73. The van der Waals surface area contributed by atoms with Crippen LogP contribution in [0, 0.1) is 6.92 Å². The molecular formula is C12H14BrN3O. The van der Waals surface area contributed by atoms with E-state index >= 15 is 0 Å². The van der Waals surface area contributed by atoms with E-state index in [0.29, 0.717) is 18.3 Å². The Morgan fingerprint density at radius 2 is 2.18 bits per heavy atom. The number of aryl methyl sites for hydroxylation is 1. The summed E-state index contributed by atoms with van der Waals surface area (Å²) in [4.78, 5) is 0. The van der Waals surface area contributed by atoms with E-state index in [0.717, 1.165) is 22.1 Å². The first-order chi connectivity index (χ1) is 8.22. The number of benzene rings is 1. The predicted octanol–water partition coefficient (Wildman–Crippen LogP) is 2.92. The molecule has 17 heavy (non-hydrogen) atoms. The van der Waals surface area contributed by atoms with Crippen molar-refractivity contribution in [3.05, 3.63) is 34.1 Å². The summed E-state index contributed by atoms with van der Waals surface area (Å²) in [6, 6.07) is 5.97. The van der Waals surface area contributed by atoms with Crippen LogP contribution in [0.25, 0.3) is 11.5 Å². The number of hydrogen-bond donors (Lipinski definition) is 1. The lowest BCUT2D eigenvalue weighted by Gasteiger charge is -2.02. The molecule has 0 bridgehead atoms. The first-order valence-corrected chi connectivity index (χ1v) is 6.30. The SMILES string of the molecule is CCNCc1nnc(-c2cccc(C)c2Br)o1. The molecule has 0 atom stereocenters. The van der Waals surface area contributed by atoms with Crippen molar-refractivity contribution in [3.8, 4) is 11.5 Å². The van der Waals surface area contributed by atoms with Crippen LogP contribution in [0.5, 0.6) is 0 Å². The molecule has 2 rings (SSSR count). The monoisotopic (exact) mass is 295 g/mol. The van der Waals surface area contributed by atoms with Crippen LogP contribution in [0.15, 0.2) is 27.1 Å². The molecule has 1 heterocycles. The van der Waals surface area contributed by atoms with Gasteiger partial charge >= 0.3 is 0 Å². The van der Waals surface area contributed by atoms with Gasteiger partial charge in [0.2, 0.25) is 11.8 Å². The summed E-state index contributed by atoms with van der Waals surface area (Å²) in [5.41, 5.74) is 2.08. The molecule has 1 N–H and O–H groups in total. The van der Waals surface area contributed by atoms with Crippen molar-refractivity contribution in [3.63, 3.8) is 0 Å². The first kappa shape index (κ1) is 12.3. The molecule has 5 heteroatoms. The highest BCUT2D eigenvalue weighted by atomic mass is 79.9. The Balaban J connectivity index is 2.27. The highest BCUT2D eigenvalue weighted by molar-refractivity contribution is 9.10. The molecular weight excluding hydrogens is 282 g/mol. The van der Waals surface area contributed by atoms with Gasteiger partial charge in [0.25, 0.3) is 0 Å². The minimum Gasteiger partial charge on any atom is -0.419 e. The molecule has 0 aliphatic heterocycles. The largest absolute Gasteiger partial charge is 0.419 e. The number of nitrogens with one attached hydrogen (secondary N) is 1. The highest BCUT2D eigenvalue weighted by Crippen LogP contribution is 2.29. The van der Waals surface area contributed by atoms with Crippen LogP contribution in [0.2, 0.25) is 0 Å². The maximum absolute atomic E-state index is 5.59. The van der Waals surface area contributed by atoms with Gasteiger partial charge in [0, 0.05) is 4.47 Å². The van der Waals surface area contributed by atoms with Gasteiger partial charge in [0.15, 0.2) is 0 Å². The molecule has 90 valence electrons. The van der Waals surface area contributed by atoms with Crippen LogP contribution in [0.3, 0.4) is 0 Å². The Kier molecular flexibility index (Phi) is 3.91. The molecule has 0 aliphatic rings. The van der Waals surface area contributed by atoms with Crippen LogP contribution in [0.1, 0.15) is 18.4 Å². The van der Waals surface area contributed by atoms with Crippen LogP contribution in [0.4, 0.5) is 0 Å². The Morgan fingerprint density at radius 3 is 2.94 bits per heavy atom. The van der Waals surface area contributed by atoms with Gasteiger partial charge in [-0.25, -0.2) is 0 Å². The van der Waals surface area contributed by atoms with Crippen LogP contribution >= 0.6 is 15.9 Å². The summed E-state index contributed by atoms with van der Waals surface area (Å²) in [7, 11) is 0. The van der Waals surface area contributed by atoms with Crippen molar-refractivity contribution in [2.45, 2.75) is 20.4 Å². The summed E-state index contributed by atoms with van der Waals surface area (Å²) in [6.07, 6.45) is 0. The molecule has 0 amide bonds. The molecule has 0 saturated heterocycles. The van der Waals surface area contributed by atoms with Gasteiger partial charge in [-0.15, -0.1) is 10.2 Å². The van der Waals surface area contributed by atoms with E-state index in [2.05, 4.69) is 31.4 Å². The first-order valence-electron chi connectivity index (χ1n) is 5.51. The fraction of sp³-hybridized carbons (Fsp3) is 0.333. The average Bonchev–Trinajstić information content (AvgIpc) is 2.78. The zero-order valence-corrected chi connectivity index (χ0v) is 11.4. The maximum Gasteiger partial charge on any atom is 0.248 e. The third-order valence-electron chi connectivity index (χ3n) is 2.42. The van der Waals surface area contributed by atoms with Gasteiger partial charge < -0.3 is 9.73 Å². The van der Waals surface area contributed by atoms with Gasteiger partial charge in [0.05, 0.1) is 12.1 Å². The Bertz CT molecular complexity index is 510. The lowest BCUT2D eigenvalue weighted by molar-refractivity contribution is 0.482. The smallest absolute Gasteiger partial charge is 0.248 e. The Morgan fingerprint density at radius 1 is 1.35 bits per heavy atom. The Hall–Kier alpha value is -1.20. The van der Waals surface area contributed by atoms with Crippen molar-refractivity contribution >= 4 is 15.9 Å². The van der Waals surface area contributed by atoms with Crippen molar-refractivity contribution < 1.29 is 4.42 Å². The second-order valence-electron chi connectivity index (χ2n) is 3.72. The van der Waals surface area contributed by atoms with E-state index in [1.165, 1.54) is 0 Å². The number of aromatic nitrogens is 2. The second kappa shape index (κ2) is 5.42. The van der Waals surface area contributed by atoms with E-state index < -0.39 is 0 Å². The molecule has 0 aliphatic carbocycles. The zero-order valence-electron chi connectivity index (χ0n) is 9.83. The number of halogens is 1. The summed E-state index contributed by atoms with van der Waals surface area (Å²) < 4.78 is 6.59. The van der Waals surface area contributed by atoms with Gasteiger partial charge in [-0.05, 0) is 41.0 Å². The van der Waals surface area contributed by atoms with Crippen molar-refractivity contribution in [2.24, 2.45) is 0 Å². The maximum atomic E-state index is 5.59. The second-order valence-corrected chi connectivity index (χ2v) is 4.51. The fourth-order valence-corrected chi connectivity index (χ4v) is 1.91. The van der Waals surface area contributed by atoms with Crippen molar-refractivity contribution in [1.82, 2.24) is 15.5 Å². The summed E-state index contributed by atoms with van der Waals surface area (Å²) in [5, 5.41) is 11.2. The summed E-state index contributed by atoms with van der Waals surface area (Å²) in [6.45, 7) is 5.55.